The van der Waals surface area contributed by atoms with Gasteiger partial charge < -0.3 is 0 Å². The summed E-state index contributed by atoms with van der Waals surface area (Å²) in [5, 5.41) is 11.4. The zero-order valence-corrected chi connectivity index (χ0v) is 8.28. The summed E-state index contributed by atoms with van der Waals surface area (Å²) in [5.41, 5.74) is -0.138. The summed E-state index contributed by atoms with van der Waals surface area (Å²) in [6, 6.07) is 2.53. The van der Waals surface area contributed by atoms with Gasteiger partial charge in [-0.3, -0.25) is 19.5 Å². The van der Waals surface area contributed by atoms with Gasteiger partial charge in [0, 0.05) is 23.9 Å². The first-order chi connectivity index (χ1) is 6.59. The number of hydrogen-bond donors (Lipinski definition) is 0. The van der Waals surface area contributed by atoms with Crippen LogP contribution in [-0.2, 0) is 6.54 Å². The van der Waals surface area contributed by atoms with Gasteiger partial charge in [0.15, 0.2) is 5.03 Å². The largest absolute Gasteiger partial charge is 0.299 e. The summed E-state index contributed by atoms with van der Waals surface area (Å²) in [5.74, 6) is 0. The summed E-state index contributed by atoms with van der Waals surface area (Å²) < 4.78 is 1.47. The third-order valence-electron chi connectivity index (χ3n) is 2.06. The van der Waals surface area contributed by atoms with Gasteiger partial charge in [-0.05, 0) is 0 Å². The van der Waals surface area contributed by atoms with Crippen LogP contribution in [0.1, 0.15) is 6.92 Å². The fraction of sp³-hybridized carbons (Fsp3) is 0.375. The SMILES string of the molecule is CC1Cn2c(c([N+](=O)[O-])ccc2=O)S1. The number of hydrogen-bond acceptors (Lipinski definition) is 4. The Hall–Kier alpha value is -1.30. The number of fused-ring (bicyclic) bond motifs is 1. The Morgan fingerprint density at radius 3 is 3.00 bits per heavy atom. The van der Waals surface area contributed by atoms with Crippen LogP contribution in [0, 0.1) is 10.1 Å². The van der Waals surface area contributed by atoms with Crippen LogP contribution in [0.2, 0.25) is 0 Å². The van der Waals surface area contributed by atoms with E-state index < -0.39 is 4.92 Å². The molecule has 1 aromatic rings. The molecule has 1 aliphatic heterocycles. The van der Waals surface area contributed by atoms with Crippen molar-refractivity contribution >= 4 is 17.4 Å². The highest BCUT2D eigenvalue weighted by Gasteiger charge is 2.27. The minimum absolute atomic E-state index is 0.0268. The summed E-state index contributed by atoms with van der Waals surface area (Å²) in [6.07, 6.45) is 0. The Kier molecular flexibility index (Phi) is 2.07. The Labute approximate surface area is 83.9 Å². The normalized spacial score (nSPS) is 19.4. The maximum Gasteiger partial charge on any atom is 0.299 e. The molecule has 0 bridgehead atoms. The molecule has 0 aliphatic carbocycles. The molecule has 0 fully saturated rings. The van der Waals surface area contributed by atoms with Crippen molar-refractivity contribution in [1.29, 1.82) is 0 Å². The molecule has 1 atom stereocenters. The molecule has 1 aromatic heterocycles. The zero-order valence-electron chi connectivity index (χ0n) is 7.47. The first kappa shape index (κ1) is 9.26. The Morgan fingerprint density at radius 1 is 1.64 bits per heavy atom. The number of rotatable bonds is 1. The van der Waals surface area contributed by atoms with E-state index in [9.17, 15) is 14.9 Å². The second-order valence-electron chi connectivity index (χ2n) is 3.16. The predicted octanol–water partition coefficient (Wildman–Crippen LogP) is 1.25. The minimum atomic E-state index is -0.448. The van der Waals surface area contributed by atoms with Gasteiger partial charge in [-0.1, -0.05) is 18.7 Å². The van der Waals surface area contributed by atoms with Crippen LogP contribution in [0.3, 0.4) is 0 Å². The molecule has 2 heterocycles. The van der Waals surface area contributed by atoms with Crippen LogP contribution in [0.25, 0.3) is 0 Å². The zero-order chi connectivity index (χ0) is 10.3. The van der Waals surface area contributed by atoms with Crippen molar-refractivity contribution in [3.8, 4) is 0 Å². The monoisotopic (exact) mass is 212 g/mol. The van der Waals surface area contributed by atoms with E-state index in [0.29, 0.717) is 11.6 Å². The minimum Gasteiger partial charge on any atom is -0.296 e. The van der Waals surface area contributed by atoms with Crippen molar-refractivity contribution in [2.24, 2.45) is 0 Å². The molecule has 1 unspecified atom stereocenters. The van der Waals surface area contributed by atoms with Crippen molar-refractivity contribution < 1.29 is 4.92 Å². The molecule has 0 spiro atoms. The highest BCUT2D eigenvalue weighted by Crippen LogP contribution is 2.36. The van der Waals surface area contributed by atoms with E-state index in [1.807, 2.05) is 6.92 Å². The molecule has 0 saturated carbocycles. The summed E-state index contributed by atoms with van der Waals surface area (Å²) >= 11 is 1.38. The van der Waals surface area contributed by atoms with E-state index in [1.54, 1.807) is 0 Å². The van der Waals surface area contributed by atoms with Crippen LogP contribution < -0.4 is 5.56 Å². The van der Waals surface area contributed by atoms with E-state index in [-0.39, 0.29) is 16.5 Å². The standard InChI is InChI=1S/C8H8N2O3S/c1-5-4-9-7(11)3-2-6(10(12)13)8(9)14-5/h2-3,5H,4H2,1H3. The molecule has 0 saturated heterocycles. The number of nitrogens with zero attached hydrogens (tertiary/aromatic N) is 2. The number of nitro groups is 1. The second-order valence-corrected chi connectivity index (χ2v) is 4.59. The lowest BCUT2D eigenvalue weighted by molar-refractivity contribution is -0.388. The molecular formula is C8H8N2O3S. The van der Waals surface area contributed by atoms with Gasteiger partial charge in [-0.15, -0.1) is 0 Å². The summed E-state index contributed by atoms with van der Waals surface area (Å²) in [7, 11) is 0. The van der Waals surface area contributed by atoms with Gasteiger partial charge in [0.05, 0.1) is 4.92 Å². The molecule has 14 heavy (non-hydrogen) atoms. The van der Waals surface area contributed by atoms with Crippen LogP contribution in [-0.4, -0.2) is 14.7 Å². The smallest absolute Gasteiger partial charge is 0.296 e. The molecule has 1 aliphatic rings. The molecule has 0 radical (unpaired) electrons. The second kappa shape index (κ2) is 3.13. The highest BCUT2D eigenvalue weighted by atomic mass is 32.2. The predicted molar refractivity (Wildman–Crippen MR) is 52.7 cm³/mol. The summed E-state index contributed by atoms with van der Waals surface area (Å²) in [4.78, 5) is 21.6. The lowest BCUT2D eigenvalue weighted by Crippen LogP contribution is -2.19. The Balaban J connectivity index is 2.65. The third-order valence-corrected chi connectivity index (χ3v) is 3.27. The van der Waals surface area contributed by atoms with Crippen LogP contribution in [0.5, 0.6) is 0 Å². The topological polar surface area (TPSA) is 65.1 Å². The van der Waals surface area contributed by atoms with Crippen LogP contribution in [0.15, 0.2) is 22.0 Å². The van der Waals surface area contributed by atoms with E-state index in [0.717, 1.165) is 0 Å². The highest BCUT2D eigenvalue weighted by molar-refractivity contribution is 8.00. The maximum atomic E-state index is 11.4. The fourth-order valence-corrected chi connectivity index (χ4v) is 2.63. The van der Waals surface area contributed by atoms with Crippen LogP contribution in [0.4, 0.5) is 5.69 Å². The van der Waals surface area contributed by atoms with Gasteiger partial charge in [0.25, 0.3) is 11.2 Å². The molecule has 0 amide bonds. The van der Waals surface area contributed by atoms with E-state index >= 15 is 0 Å². The average molecular weight is 212 g/mol. The maximum absolute atomic E-state index is 11.4. The van der Waals surface area contributed by atoms with Crippen molar-refractivity contribution in [1.82, 2.24) is 4.57 Å². The van der Waals surface area contributed by atoms with Crippen molar-refractivity contribution in [2.75, 3.05) is 0 Å². The fourth-order valence-electron chi connectivity index (χ4n) is 1.47. The summed E-state index contributed by atoms with van der Waals surface area (Å²) in [6.45, 7) is 2.50. The van der Waals surface area contributed by atoms with Crippen LogP contribution >= 0.6 is 11.8 Å². The number of thioether (sulfide) groups is 1. The van der Waals surface area contributed by atoms with Gasteiger partial charge >= 0.3 is 0 Å². The van der Waals surface area contributed by atoms with Gasteiger partial charge in [-0.25, -0.2) is 0 Å². The molecule has 0 N–H and O–H groups in total. The van der Waals surface area contributed by atoms with Crippen molar-refractivity contribution in [2.45, 2.75) is 23.7 Å². The molecular weight excluding hydrogens is 204 g/mol. The number of aromatic nitrogens is 1. The van der Waals surface area contributed by atoms with Crippen molar-refractivity contribution in [3.05, 3.63) is 32.6 Å². The lowest BCUT2D eigenvalue weighted by Gasteiger charge is -2.00. The average Bonchev–Trinajstić information content (AvgIpc) is 2.47. The first-order valence-electron chi connectivity index (χ1n) is 4.14. The third kappa shape index (κ3) is 1.31. The molecule has 74 valence electrons. The van der Waals surface area contributed by atoms with E-state index in [4.69, 9.17) is 0 Å². The Morgan fingerprint density at radius 2 is 2.36 bits per heavy atom. The quantitative estimate of drug-likeness (QED) is 0.519. The molecule has 6 heteroatoms. The molecule has 5 nitrogen and oxygen atoms in total. The van der Waals surface area contributed by atoms with Crippen molar-refractivity contribution in [3.63, 3.8) is 0 Å². The first-order valence-corrected chi connectivity index (χ1v) is 5.02. The lowest BCUT2D eigenvalue weighted by atomic mass is 10.4. The van der Waals surface area contributed by atoms with Gasteiger partial charge in [0.1, 0.15) is 0 Å². The molecule has 2 rings (SSSR count). The van der Waals surface area contributed by atoms with E-state index in [1.165, 1.54) is 28.5 Å². The van der Waals surface area contributed by atoms with E-state index in [2.05, 4.69) is 0 Å². The molecule has 0 aromatic carbocycles. The van der Waals surface area contributed by atoms with Gasteiger partial charge in [-0.2, -0.15) is 0 Å². The number of pyridine rings is 1. The Bertz CT molecular complexity index is 454. The van der Waals surface area contributed by atoms with Gasteiger partial charge in [0.2, 0.25) is 0 Å².